The van der Waals surface area contributed by atoms with Crippen LogP contribution in [0.5, 0.6) is 0 Å². The zero-order chi connectivity index (χ0) is 16.6. The minimum Gasteiger partial charge on any atom is -0.444 e. The summed E-state index contributed by atoms with van der Waals surface area (Å²) >= 11 is 0. The fourth-order valence-corrected chi connectivity index (χ4v) is 3.36. The summed E-state index contributed by atoms with van der Waals surface area (Å²) in [4.78, 5) is 16.4. The summed E-state index contributed by atoms with van der Waals surface area (Å²) in [7, 11) is 0. The van der Waals surface area contributed by atoms with Gasteiger partial charge in [-0.05, 0) is 57.4 Å². The van der Waals surface area contributed by atoms with Crippen molar-refractivity contribution >= 4 is 11.8 Å². The van der Waals surface area contributed by atoms with E-state index >= 15 is 0 Å². The van der Waals surface area contributed by atoms with Crippen molar-refractivity contribution in [3.63, 3.8) is 0 Å². The van der Waals surface area contributed by atoms with E-state index in [4.69, 9.17) is 10.00 Å². The van der Waals surface area contributed by atoms with Crippen molar-refractivity contribution in [2.75, 3.05) is 24.5 Å². The van der Waals surface area contributed by atoms with Gasteiger partial charge in [-0.3, -0.25) is 0 Å². The molecule has 1 fully saturated rings. The fourth-order valence-electron chi connectivity index (χ4n) is 3.36. The van der Waals surface area contributed by atoms with E-state index in [1.54, 1.807) is 4.90 Å². The fraction of sp³-hybridized carbons (Fsp3) is 0.556. The molecule has 1 saturated heterocycles. The largest absolute Gasteiger partial charge is 0.444 e. The lowest BCUT2D eigenvalue weighted by Crippen LogP contribution is -2.40. The monoisotopic (exact) mass is 313 g/mol. The van der Waals surface area contributed by atoms with E-state index in [1.807, 2.05) is 39.0 Å². The van der Waals surface area contributed by atoms with Gasteiger partial charge in [-0.2, -0.15) is 5.26 Å². The van der Waals surface area contributed by atoms with E-state index in [9.17, 15) is 4.79 Å². The number of hydrogen-bond donors (Lipinski definition) is 0. The van der Waals surface area contributed by atoms with Gasteiger partial charge in [0, 0.05) is 31.4 Å². The number of amides is 1. The van der Waals surface area contributed by atoms with Crippen LogP contribution < -0.4 is 4.90 Å². The van der Waals surface area contributed by atoms with E-state index in [0.717, 1.165) is 25.9 Å². The van der Waals surface area contributed by atoms with Crippen LogP contribution in [0, 0.1) is 11.3 Å². The average molecular weight is 313 g/mol. The van der Waals surface area contributed by atoms with Crippen LogP contribution in [-0.4, -0.2) is 42.3 Å². The van der Waals surface area contributed by atoms with Gasteiger partial charge in [-0.25, -0.2) is 4.79 Å². The SMILES string of the molecule is CC(C)(C)OC(=O)N1CC[C@H](N2CCc3cc(C#N)ccc32)C1. The van der Waals surface area contributed by atoms with Crippen molar-refractivity contribution in [3.8, 4) is 6.07 Å². The third kappa shape index (κ3) is 3.26. The highest BCUT2D eigenvalue weighted by Crippen LogP contribution is 2.33. The maximum atomic E-state index is 12.2. The minimum absolute atomic E-state index is 0.223. The number of nitriles is 1. The lowest BCUT2D eigenvalue weighted by molar-refractivity contribution is 0.0292. The second-order valence-corrected chi connectivity index (χ2v) is 7.27. The summed E-state index contributed by atoms with van der Waals surface area (Å²) in [6.07, 6.45) is 1.70. The normalized spacial score (nSPS) is 20.3. The Balaban J connectivity index is 1.68. The van der Waals surface area contributed by atoms with Crippen LogP contribution in [0.3, 0.4) is 0 Å². The van der Waals surface area contributed by atoms with E-state index < -0.39 is 5.60 Å². The number of fused-ring (bicyclic) bond motifs is 1. The van der Waals surface area contributed by atoms with Crippen molar-refractivity contribution < 1.29 is 9.53 Å². The molecule has 0 aliphatic carbocycles. The van der Waals surface area contributed by atoms with E-state index in [2.05, 4.69) is 11.0 Å². The molecule has 1 amide bonds. The van der Waals surface area contributed by atoms with Crippen molar-refractivity contribution in [2.24, 2.45) is 0 Å². The smallest absolute Gasteiger partial charge is 0.410 e. The number of rotatable bonds is 1. The Hall–Kier alpha value is -2.22. The molecule has 0 spiro atoms. The number of anilines is 1. The number of nitrogens with zero attached hydrogens (tertiary/aromatic N) is 3. The molecule has 2 aliphatic heterocycles. The first kappa shape index (κ1) is 15.7. The van der Waals surface area contributed by atoms with Crippen LogP contribution in [0.25, 0.3) is 0 Å². The van der Waals surface area contributed by atoms with Crippen LogP contribution in [0.15, 0.2) is 18.2 Å². The van der Waals surface area contributed by atoms with Crippen molar-refractivity contribution in [1.82, 2.24) is 4.90 Å². The summed E-state index contributed by atoms with van der Waals surface area (Å²) in [5.74, 6) is 0. The van der Waals surface area contributed by atoms with Crippen LogP contribution in [-0.2, 0) is 11.2 Å². The van der Waals surface area contributed by atoms with Gasteiger partial charge in [0.2, 0.25) is 0 Å². The maximum Gasteiger partial charge on any atom is 0.410 e. The predicted molar refractivity (Wildman–Crippen MR) is 88.4 cm³/mol. The van der Waals surface area contributed by atoms with Gasteiger partial charge < -0.3 is 14.5 Å². The van der Waals surface area contributed by atoms with Crippen LogP contribution in [0.2, 0.25) is 0 Å². The lowest BCUT2D eigenvalue weighted by atomic mass is 10.1. The molecular weight excluding hydrogens is 290 g/mol. The molecule has 0 saturated carbocycles. The van der Waals surface area contributed by atoms with Crippen LogP contribution in [0.1, 0.15) is 38.3 Å². The van der Waals surface area contributed by atoms with Gasteiger partial charge in [0.15, 0.2) is 0 Å². The molecule has 0 aromatic heterocycles. The Morgan fingerprint density at radius 2 is 2.13 bits per heavy atom. The molecule has 5 nitrogen and oxygen atoms in total. The Morgan fingerprint density at radius 3 is 2.83 bits per heavy atom. The maximum absolute atomic E-state index is 12.2. The van der Waals surface area contributed by atoms with Crippen molar-refractivity contribution in [2.45, 2.75) is 45.3 Å². The number of ether oxygens (including phenoxy) is 1. The zero-order valence-electron chi connectivity index (χ0n) is 14.0. The van der Waals surface area contributed by atoms with Gasteiger partial charge in [0.25, 0.3) is 0 Å². The summed E-state index contributed by atoms with van der Waals surface area (Å²) in [5, 5.41) is 9.01. The highest BCUT2D eigenvalue weighted by molar-refractivity contribution is 5.69. The zero-order valence-corrected chi connectivity index (χ0v) is 14.0. The van der Waals surface area contributed by atoms with Crippen molar-refractivity contribution in [3.05, 3.63) is 29.3 Å². The molecule has 0 radical (unpaired) electrons. The third-order valence-electron chi connectivity index (χ3n) is 4.40. The van der Waals surface area contributed by atoms with E-state index in [-0.39, 0.29) is 6.09 Å². The standard InChI is InChI=1S/C18H23N3O2/c1-18(2,3)23-17(22)20-8-7-15(12-20)21-9-6-14-10-13(11-19)4-5-16(14)21/h4-5,10,15H,6-9,12H2,1-3H3/t15-/m0/s1. The summed E-state index contributed by atoms with van der Waals surface area (Å²) in [6, 6.07) is 8.42. The highest BCUT2D eigenvalue weighted by atomic mass is 16.6. The van der Waals surface area contributed by atoms with Gasteiger partial charge in [-0.15, -0.1) is 0 Å². The Bertz CT molecular complexity index is 657. The molecule has 0 N–H and O–H groups in total. The molecule has 1 aromatic rings. The first-order valence-electron chi connectivity index (χ1n) is 8.15. The topological polar surface area (TPSA) is 56.6 Å². The van der Waals surface area contributed by atoms with E-state index in [0.29, 0.717) is 18.2 Å². The number of hydrogen-bond acceptors (Lipinski definition) is 4. The molecule has 1 aromatic carbocycles. The quantitative estimate of drug-likeness (QED) is 0.800. The third-order valence-corrected chi connectivity index (χ3v) is 4.40. The van der Waals surface area contributed by atoms with Gasteiger partial charge >= 0.3 is 6.09 Å². The van der Waals surface area contributed by atoms with Gasteiger partial charge in [0.1, 0.15) is 5.60 Å². The molecule has 1 atom stereocenters. The Labute approximate surface area is 137 Å². The van der Waals surface area contributed by atoms with Crippen LogP contribution >= 0.6 is 0 Å². The predicted octanol–water partition coefficient (Wildman–Crippen LogP) is 2.93. The summed E-state index contributed by atoms with van der Waals surface area (Å²) in [6.45, 7) is 8.07. The second-order valence-electron chi connectivity index (χ2n) is 7.27. The first-order valence-corrected chi connectivity index (χ1v) is 8.15. The molecule has 5 heteroatoms. The van der Waals surface area contributed by atoms with Gasteiger partial charge in [0.05, 0.1) is 11.6 Å². The number of carbonyl (C=O) groups excluding carboxylic acids is 1. The molecule has 2 heterocycles. The second kappa shape index (κ2) is 5.77. The Kier molecular flexibility index (Phi) is 3.93. The Morgan fingerprint density at radius 1 is 1.35 bits per heavy atom. The lowest BCUT2D eigenvalue weighted by Gasteiger charge is -2.28. The van der Waals surface area contributed by atoms with Crippen LogP contribution in [0.4, 0.5) is 10.5 Å². The molecule has 0 unspecified atom stereocenters. The molecule has 23 heavy (non-hydrogen) atoms. The molecule has 0 bridgehead atoms. The summed E-state index contributed by atoms with van der Waals surface area (Å²) < 4.78 is 5.46. The molecular formula is C18H23N3O2. The molecule has 3 rings (SSSR count). The number of carbonyl (C=O) groups is 1. The van der Waals surface area contributed by atoms with Crippen molar-refractivity contribution in [1.29, 1.82) is 5.26 Å². The highest BCUT2D eigenvalue weighted by Gasteiger charge is 2.35. The van der Waals surface area contributed by atoms with Gasteiger partial charge in [-0.1, -0.05) is 0 Å². The number of benzene rings is 1. The molecule has 122 valence electrons. The molecule has 2 aliphatic rings. The average Bonchev–Trinajstić information content (AvgIpc) is 3.11. The van der Waals surface area contributed by atoms with E-state index in [1.165, 1.54) is 11.3 Å². The first-order chi connectivity index (χ1) is 10.9. The minimum atomic E-state index is -0.455. The number of likely N-dealkylation sites (tertiary alicyclic amines) is 1. The summed E-state index contributed by atoms with van der Waals surface area (Å²) in [5.41, 5.74) is 2.70.